The van der Waals surface area contributed by atoms with Gasteiger partial charge in [0.1, 0.15) is 0 Å². The van der Waals surface area contributed by atoms with E-state index in [4.69, 9.17) is 4.74 Å². The first-order valence-electron chi connectivity index (χ1n) is 12.5. The highest BCUT2D eigenvalue weighted by Gasteiger charge is 2.35. The van der Waals surface area contributed by atoms with Crippen LogP contribution < -0.4 is 5.32 Å². The Morgan fingerprint density at radius 3 is 2.37 bits per heavy atom. The molecule has 8 nitrogen and oxygen atoms in total. The van der Waals surface area contributed by atoms with Gasteiger partial charge in [0.05, 0.1) is 19.5 Å². The van der Waals surface area contributed by atoms with Crippen LogP contribution in [-0.4, -0.2) is 68.2 Å². The Balaban J connectivity index is 1.65. The number of hydrogen-bond acceptors (Lipinski definition) is 6. The first-order valence-corrected chi connectivity index (χ1v) is 14.4. The van der Waals surface area contributed by atoms with Crippen molar-refractivity contribution in [1.29, 1.82) is 0 Å². The summed E-state index contributed by atoms with van der Waals surface area (Å²) in [6.07, 6.45) is 9.29. The number of benzene rings is 1. The molecule has 3 aliphatic rings. The Hall–Kier alpha value is -2.65. The van der Waals surface area contributed by atoms with Gasteiger partial charge in [0, 0.05) is 30.4 Å². The van der Waals surface area contributed by atoms with Crippen molar-refractivity contribution in [1.82, 2.24) is 14.5 Å². The van der Waals surface area contributed by atoms with Gasteiger partial charge in [-0.2, -0.15) is 0 Å². The monoisotopic (exact) mass is 501 g/mol. The highest BCUT2D eigenvalue weighted by atomic mass is 32.2. The van der Waals surface area contributed by atoms with Crippen molar-refractivity contribution in [2.75, 3.05) is 32.6 Å². The zero-order chi connectivity index (χ0) is 24.8. The third-order valence-corrected chi connectivity index (χ3v) is 8.07. The number of nitrogens with zero attached hydrogens (tertiary/aromatic N) is 2. The van der Waals surface area contributed by atoms with Gasteiger partial charge in [-0.1, -0.05) is 49.6 Å². The third kappa shape index (κ3) is 6.32. The Morgan fingerprint density at radius 1 is 1.03 bits per heavy atom. The zero-order valence-corrected chi connectivity index (χ0v) is 21.2. The van der Waals surface area contributed by atoms with Crippen LogP contribution >= 0.6 is 0 Å². The molecular weight excluding hydrogens is 466 g/mol. The fourth-order valence-electron chi connectivity index (χ4n) is 5.31. The lowest BCUT2D eigenvalue weighted by molar-refractivity contribution is -0.117. The predicted octanol–water partition coefficient (Wildman–Crippen LogP) is 3.67. The maximum Gasteiger partial charge on any atom is 0.338 e. The summed E-state index contributed by atoms with van der Waals surface area (Å²) in [4.78, 5) is 28.8. The normalized spacial score (nSPS) is 21.2. The number of rotatable bonds is 5. The van der Waals surface area contributed by atoms with E-state index in [0.29, 0.717) is 51.1 Å². The lowest BCUT2D eigenvalue weighted by Crippen LogP contribution is -2.51. The molecule has 0 aromatic heterocycles. The molecule has 4 rings (SSSR count). The van der Waals surface area contributed by atoms with Crippen molar-refractivity contribution < 1.29 is 22.7 Å². The molecule has 2 fully saturated rings. The van der Waals surface area contributed by atoms with E-state index in [0.717, 1.165) is 59.5 Å². The maximum absolute atomic E-state index is 13.5. The minimum Gasteiger partial charge on any atom is -0.378 e. The molecule has 1 saturated carbocycles. The van der Waals surface area contributed by atoms with Crippen LogP contribution in [0.5, 0.6) is 0 Å². The van der Waals surface area contributed by atoms with Gasteiger partial charge in [0.15, 0.2) is 0 Å². The van der Waals surface area contributed by atoms with Crippen molar-refractivity contribution >= 4 is 28.0 Å². The van der Waals surface area contributed by atoms with Crippen LogP contribution in [0.3, 0.4) is 0 Å². The van der Waals surface area contributed by atoms with Gasteiger partial charge in [-0.05, 0) is 49.3 Å². The van der Waals surface area contributed by atoms with Crippen molar-refractivity contribution in [3.63, 3.8) is 0 Å². The number of ether oxygens (including phenoxy) is 1. The lowest BCUT2D eigenvalue weighted by Gasteiger charge is -2.36. The maximum atomic E-state index is 13.5. The van der Waals surface area contributed by atoms with Crippen molar-refractivity contribution in [3.05, 3.63) is 52.7 Å². The van der Waals surface area contributed by atoms with Crippen molar-refractivity contribution in [2.24, 2.45) is 0 Å². The van der Waals surface area contributed by atoms with Gasteiger partial charge in [-0.15, -0.1) is 0 Å². The number of carbonyl (C=O) groups is 2. The molecule has 2 aliphatic carbocycles. The fourth-order valence-corrected chi connectivity index (χ4v) is 6.41. The number of amides is 3. The Labute approximate surface area is 208 Å². The molecule has 190 valence electrons. The number of urea groups is 1. The van der Waals surface area contributed by atoms with Crippen LogP contribution in [0.25, 0.3) is 6.08 Å². The molecule has 0 atom stereocenters. The second-order valence-corrected chi connectivity index (χ2v) is 11.3. The van der Waals surface area contributed by atoms with Crippen LogP contribution in [0.1, 0.15) is 56.9 Å². The number of sulfonamides is 1. The Bertz CT molecular complexity index is 1090. The van der Waals surface area contributed by atoms with Crippen LogP contribution in [0, 0.1) is 0 Å². The molecule has 1 N–H and O–H groups in total. The van der Waals surface area contributed by atoms with E-state index in [9.17, 15) is 18.0 Å². The number of carbonyl (C=O) groups excluding carboxylic acids is 2. The highest BCUT2D eigenvalue weighted by Crippen LogP contribution is 2.34. The molecule has 1 aromatic rings. The number of morpholine rings is 1. The Morgan fingerprint density at radius 2 is 1.71 bits per heavy atom. The SMILES string of the molecule is CS(=O)(=O)N(C(=O)NC(=O)C1=C(N2CCOCC2)/C(=C\c2ccccc2)CCC1)C1CCCCC1. The number of nitrogens with one attached hydrogen (secondary N) is 1. The van der Waals surface area contributed by atoms with Gasteiger partial charge >= 0.3 is 6.03 Å². The summed E-state index contributed by atoms with van der Waals surface area (Å²) in [5, 5.41) is 2.43. The molecule has 3 amide bonds. The summed E-state index contributed by atoms with van der Waals surface area (Å²) < 4.78 is 31.4. The average molecular weight is 502 g/mol. The largest absolute Gasteiger partial charge is 0.378 e. The van der Waals surface area contributed by atoms with Gasteiger partial charge in [-0.3, -0.25) is 10.1 Å². The fraction of sp³-hybridized carbons (Fsp3) is 0.538. The molecule has 0 spiro atoms. The molecular formula is C26H35N3O5S. The Kier molecular flexibility index (Phi) is 8.28. The van der Waals surface area contributed by atoms with Crippen molar-refractivity contribution in [3.8, 4) is 0 Å². The molecule has 0 unspecified atom stereocenters. The standard InChI is InChI=1S/C26H35N3O5S/c1-35(32,33)29(22-12-6-3-7-13-22)26(31)27-25(30)23-14-8-11-21(19-20-9-4-2-5-10-20)24(23)28-15-17-34-18-16-28/h2,4-5,9-10,19,22H,3,6-8,11-18H2,1H3,(H,27,30,31)/b21-19-. The number of imide groups is 1. The van der Waals surface area contributed by atoms with Crippen LogP contribution in [0.15, 0.2) is 47.2 Å². The topological polar surface area (TPSA) is 96.0 Å². The highest BCUT2D eigenvalue weighted by molar-refractivity contribution is 7.88. The van der Waals surface area contributed by atoms with E-state index >= 15 is 0 Å². The molecule has 35 heavy (non-hydrogen) atoms. The zero-order valence-electron chi connectivity index (χ0n) is 20.4. The number of allylic oxidation sites excluding steroid dienone is 1. The van der Waals surface area contributed by atoms with E-state index in [-0.39, 0.29) is 0 Å². The molecule has 0 radical (unpaired) electrons. The average Bonchev–Trinajstić information content (AvgIpc) is 2.85. The van der Waals surface area contributed by atoms with Crippen LogP contribution in [0.4, 0.5) is 4.79 Å². The van der Waals surface area contributed by atoms with E-state index in [1.54, 1.807) is 0 Å². The quantitative estimate of drug-likeness (QED) is 0.661. The second-order valence-electron chi connectivity index (χ2n) is 9.47. The minimum absolute atomic E-state index is 0.404. The second kappa shape index (κ2) is 11.4. The van der Waals surface area contributed by atoms with E-state index in [2.05, 4.69) is 16.3 Å². The summed E-state index contributed by atoms with van der Waals surface area (Å²) in [6, 6.07) is 8.71. The molecule has 1 aromatic carbocycles. The summed E-state index contributed by atoms with van der Waals surface area (Å²) in [5.41, 5.74) is 3.48. The molecule has 0 bridgehead atoms. The first kappa shape index (κ1) is 25.4. The predicted molar refractivity (Wildman–Crippen MR) is 135 cm³/mol. The number of hydrogen-bond donors (Lipinski definition) is 1. The summed E-state index contributed by atoms with van der Waals surface area (Å²) in [6.45, 7) is 2.45. The van der Waals surface area contributed by atoms with Gasteiger partial charge in [0.2, 0.25) is 10.0 Å². The molecule has 9 heteroatoms. The summed E-state index contributed by atoms with van der Waals surface area (Å²) in [7, 11) is -3.81. The molecule has 1 aliphatic heterocycles. The van der Waals surface area contributed by atoms with Crippen LogP contribution in [0.2, 0.25) is 0 Å². The van der Waals surface area contributed by atoms with Crippen molar-refractivity contribution in [2.45, 2.75) is 57.4 Å². The van der Waals surface area contributed by atoms with E-state index in [1.807, 2.05) is 30.3 Å². The molecule has 1 heterocycles. The van der Waals surface area contributed by atoms with Gasteiger partial charge < -0.3 is 9.64 Å². The molecule has 1 saturated heterocycles. The van der Waals surface area contributed by atoms with Crippen LogP contribution in [-0.2, 0) is 19.6 Å². The first-order chi connectivity index (χ1) is 16.8. The summed E-state index contributed by atoms with van der Waals surface area (Å²) >= 11 is 0. The summed E-state index contributed by atoms with van der Waals surface area (Å²) in [5.74, 6) is -0.514. The van der Waals surface area contributed by atoms with Gasteiger partial charge in [0.25, 0.3) is 5.91 Å². The van der Waals surface area contributed by atoms with Gasteiger partial charge in [-0.25, -0.2) is 17.5 Å². The minimum atomic E-state index is -3.81. The third-order valence-electron chi connectivity index (χ3n) is 6.89. The lowest BCUT2D eigenvalue weighted by atomic mass is 9.88. The van der Waals surface area contributed by atoms with E-state index in [1.165, 1.54) is 0 Å². The smallest absolute Gasteiger partial charge is 0.338 e. The van der Waals surface area contributed by atoms with E-state index < -0.39 is 28.0 Å².